The predicted molar refractivity (Wildman–Crippen MR) is 106 cm³/mol. The molecule has 1 saturated carbocycles. The smallest absolute Gasteiger partial charge is 0.307 e. The number of benzene rings is 1. The van der Waals surface area contributed by atoms with E-state index in [1.807, 2.05) is 6.07 Å². The Labute approximate surface area is 166 Å². The lowest BCUT2D eigenvalue weighted by Gasteiger charge is -2.27. The first-order valence-corrected chi connectivity index (χ1v) is 10.3. The van der Waals surface area contributed by atoms with Gasteiger partial charge in [-0.05, 0) is 37.5 Å². The molecule has 1 aromatic rings. The minimum atomic E-state index is -0.881. The summed E-state index contributed by atoms with van der Waals surface area (Å²) in [5, 5.41) is 12.8. The number of hydrogen-bond acceptors (Lipinski definition) is 3. The van der Waals surface area contributed by atoms with Crippen molar-refractivity contribution in [3.8, 4) is 5.75 Å². The first-order valence-electron chi connectivity index (χ1n) is 9.94. The summed E-state index contributed by atoms with van der Waals surface area (Å²) in [5.41, 5.74) is 0.814. The van der Waals surface area contributed by atoms with Gasteiger partial charge < -0.3 is 15.2 Å². The molecule has 6 heteroatoms. The molecule has 2 N–H and O–H groups in total. The van der Waals surface area contributed by atoms with Crippen LogP contribution in [0.15, 0.2) is 18.2 Å². The zero-order valence-electron chi connectivity index (χ0n) is 16.0. The number of nitrogens with one attached hydrogen (secondary N) is 1. The van der Waals surface area contributed by atoms with Crippen LogP contribution < -0.4 is 10.1 Å². The summed E-state index contributed by atoms with van der Waals surface area (Å²) in [6, 6.07) is 5.39. The van der Waals surface area contributed by atoms with E-state index in [1.54, 1.807) is 12.1 Å². The summed E-state index contributed by atoms with van der Waals surface area (Å²) in [5.74, 6) is -1.42. The van der Waals surface area contributed by atoms with E-state index in [4.69, 9.17) is 16.3 Å². The third-order valence-corrected chi connectivity index (χ3v) is 5.39. The molecule has 0 heterocycles. The van der Waals surface area contributed by atoms with Gasteiger partial charge in [-0.2, -0.15) is 0 Å². The molecule has 0 saturated heterocycles. The zero-order chi connectivity index (χ0) is 19.6. The van der Waals surface area contributed by atoms with Crippen molar-refractivity contribution < 1.29 is 19.4 Å². The van der Waals surface area contributed by atoms with Gasteiger partial charge in [0.2, 0.25) is 5.91 Å². The molecule has 0 spiro atoms. The van der Waals surface area contributed by atoms with Crippen LogP contribution in [0.1, 0.15) is 63.9 Å². The molecule has 27 heavy (non-hydrogen) atoms. The number of ether oxygens (including phenoxy) is 1. The highest BCUT2D eigenvalue weighted by Gasteiger charge is 2.35. The van der Waals surface area contributed by atoms with Crippen molar-refractivity contribution in [1.29, 1.82) is 0 Å². The van der Waals surface area contributed by atoms with Gasteiger partial charge in [0.05, 0.1) is 18.4 Å². The summed E-state index contributed by atoms with van der Waals surface area (Å²) in [7, 11) is 0. The fourth-order valence-corrected chi connectivity index (χ4v) is 3.79. The number of halogens is 1. The van der Waals surface area contributed by atoms with Gasteiger partial charge >= 0.3 is 5.97 Å². The minimum Gasteiger partial charge on any atom is -0.493 e. The van der Waals surface area contributed by atoms with Gasteiger partial charge in [0.15, 0.2) is 0 Å². The topological polar surface area (TPSA) is 75.6 Å². The first-order chi connectivity index (χ1) is 13.0. The Hall–Kier alpha value is -1.75. The van der Waals surface area contributed by atoms with Crippen molar-refractivity contribution in [3.05, 3.63) is 28.8 Å². The molecular weight excluding hydrogens is 366 g/mol. The van der Waals surface area contributed by atoms with Crippen LogP contribution in [0.25, 0.3) is 0 Å². The van der Waals surface area contributed by atoms with Gasteiger partial charge in [0.1, 0.15) is 5.75 Å². The molecule has 1 aliphatic carbocycles. The van der Waals surface area contributed by atoms with Crippen LogP contribution in [0.3, 0.4) is 0 Å². The lowest BCUT2D eigenvalue weighted by atomic mass is 9.78. The summed E-state index contributed by atoms with van der Waals surface area (Å²) >= 11 is 6.10. The van der Waals surface area contributed by atoms with Crippen LogP contribution in [0.2, 0.25) is 5.02 Å². The third-order valence-electron chi connectivity index (χ3n) is 5.15. The van der Waals surface area contributed by atoms with Gasteiger partial charge in [0, 0.05) is 17.1 Å². The number of carbonyl (C=O) groups excluding carboxylic acids is 1. The zero-order valence-corrected chi connectivity index (χ0v) is 16.8. The first kappa shape index (κ1) is 21.5. The maximum atomic E-state index is 12.6. The summed E-state index contributed by atoms with van der Waals surface area (Å²) in [4.78, 5) is 24.0. The molecule has 1 fully saturated rings. The second-order valence-corrected chi connectivity index (χ2v) is 7.65. The highest BCUT2D eigenvalue weighted by Crippen LogP contribution is 2.31. The monoisotopic (exact) mass is 395 g/mol. The Balaban J connectivity index is 1.94. The molecule has 2 rings (SSSR count). The molecule has 1 aliphatic rings. The number of hydrogen-bond donors (Lipinski definition) is 2. The molecule has 1 amide bonds. The SMILES string of the molecule is CCCCCCOc1ccc(Cl)cc1CNC(=O)C1CCCCC1C(=O)O. The van der Waals surface area contributed by atoms with Crippen LogP contribution in [0, 0.1) is 11.8 Å². The minimum absolute atomic E-state index is 0.198. The Bertz CT molecular complexity index is 635. The average Bonchev–Trinajstić information content (AvgIpc) is 2.67. The molecule has 0 radical (unpaired) electrons. The number of aliphatic carboxylic acids is 1. The lowest BCUT2D eigenvalue weighted by molar-refractivity contribution is -0.148. The second-order valence-electron chi connectivity index (χ2n) is 7.21. The fraction of sp³-hybridized carbons (Fsp3) is 0.619. The lowest BCUT2D eigenvalue weighted by Crippen LogP contribution is -2.39. The molecule has 0 aliphatic heterocycles. The van der Waals surface area contributed by atoms with E-state index in [0.29, 0.717) is 24.5 Å². The quantitative estimate of drug-likeness (QED) is 0.557. The number of carbonyl (C=O) groups is 2. The van der Waals surface area contributed by atoms with Crippen molar-refractivity contribution in [2.75, 3.05) is 6.61 Å². The van der Waals surface area contributed by atoms with E-state index < -0.39 is 17.8 Å². The van der Waals surface area contributed by atoms with Gasteiger partial charge in [-0.1, -0.05) is 50.6 Å². The van der Waals surface area contributed by atoms with Crippen molar-refractivity contribution >= 4 is 23.5 Å². The second kappa shape index (κ2) is 11.2. The molecular formula is C21H30ClNO4. The van der Waals surface area contributed by atoms with E-state index in [2.05, 4.69) is 12.2 Å². The number of carboxylic acids is 1. The van der Waals surface area contributed by atoms with E-state index in [0.717, 1.165) is 37.0 Å². The summed E-state index contributed by atoms with van der Waals surface area (Å²) < 4.78 is 5.87. The molecule has 0 aromatic heterocycles. The number of rotatable bonds is 10. The molecule has 2 unspecified atom stereocenters. The van der Waals surface area contributed by atoms with Crippen LogP contribution in [0.4, 0.5) is 0 Å². The van der Waals surface area contributed by atoms with Crippen LogP contribution in [0.5, 0.6) is 5.75 Å². The highest BCUT2D eigenvalue weighted by atomic mass is 35.5. The van der Waals surface area contributed by atoms with Gasteiger partial charge in [0.25, 0.3) is 0 Å². The van der Waals surface area contributed by atoms with Crippen LogP contribution in [-0.4, -0.2) is 23.6 Å². The Kier molecular flexibility index (Phi) is 8.92. The largest absolute Gasteiger partial charge is 0.493 e. The number of carboxylic acid groups (broad SMARTS) is 1. The van der Waals surface area contributed by atoms with E-state index >= 15 is 0 Å². The van der Waals surface area contributed by atoms with E-state index in [-0.39, 0.29) is 12.5 Å². The fourth-order valence-electron chi connectivity index (χ4n) is 3.59. The Morgan fingerprint density at radius 1 is 1.19 bits per heavy atom. The Morgan fingerprint density at radius 3 is 2.63 bits per heavy atom. The number of amides is 1. The number of unbranched alkanes of at least 4 members (excludes halogenated alkanes) is 3. The van der Waals surface area contributed by atoms with Crippen LogP contribution >= 0.6 is 11.6 Å². The molecule has 150 valence electrons. The van der Waals surface area contributed by atoms with Crippen molar-refractivity contribution in [2.24, 2.45) is 11.8 Å². The molecule has 5 nitrogen and oxygen atoms in total. The normalized spacial score (nSPS) is 19.5. The molecule has 2 atom stereocenters. The summed E-state index contributed by atoms with van der Waals surface area (Å²) in [6.07, 6.45) is 7.45. The third kappa shape index (κ3) is 6.73. The van der Waals surface area contributed by atoms with Crippen molar-refractivity contribution in [2.45, 2.75) is 64.8 Å². The van der Waals surface area contributed by atoms with Crippen molar-refractivity contribution in [1.82, 2.24) is 5.32 Å². The molecule has 0 bridgehead atoms. The van der Waals surface area contributed by atoms with E-state index in [9.17, 15) is 14.7 Å². The maximum Gasteiger partial charge on any atom is 0.307 e. The highest BCUT2D eigenvalue weighted by molar-refractivity contribution is 6.30. The van der Waals surface area contributed by atoms with Gasteiger partial charge in [-0.15, -0.1) is 0 Å². The van der Waals surface area contributed by atoms with Gasteiger partial charge in [-0.3, -0.25) is 9.59 Å². The average molecular weight is 396 g/mol. The van der Waals surface area contributed by atoms with Crippen molar-refractivity contribution in [3.63, 3.8) is 0 Å². The summed E-state index contributed by atoms with van der Waals surface area (Å²) in [6.45, 7) is 3.08. The van der Waals surface area contributed by atoms with E-state index in [1.165, 1.54) is 12.8 Å². The maximum absolute atomic E-state index is 12.6. The Morgan fingerprint density at radius 2 is 1.93 bits per heavy atom. The standard InChI is InChI=1S/C21H30ClNO4/c1-2-3-4-7-12-27-19-11-10-16(22)13-15(19)14-23-20(24)17-8-5-6-9-18(17)21(25)26/h10-11,13,17-18H,2-9,12,14H2,1H3,(H,23,24)(H,25,26). The predicted octanol–water partition coefficient (Wildman–Crippen LogP) is 4.81. The molecule has 1 aromatic carbocycles. The van der Waals surface area contributed by atoms with Crippen LogP contribution in [-0.2, 0) is 16.1 Å². The van der Waals surface area contributed by atoms with Gasteiger partial charge in [-0.25, -0.2) is 0 Å².